The summed E-state index contributed by atoms with van der Waals surface area (Å²) in [7, 11) is 0. The van der Waals surface area contributed by atoms with Crippen LogP contribution in [0.25, 0.3) is 0 Å². The maximum Gasteiger partial charge on any atom is 0.119 e. The van der Waals surface area contributed by atoms with Crippen LogP contribution in [0.15, 0.2) is 12.5 Å². The summed E-state index contributed by atoms with van der Waals surface area (Å²) >= 11 is 0. The predicted octanol–water partition coefficient (Wildman–Crippen LogP) is 1.31. The second-order valence-corrected chi connectivity index (χ2v) is 1.81. The summed E-state index contributed by atoms with van der Waals surface area (Å²) < 4.78 is 0. The number of nitrogens with zero attached hydrogens (tertiary/aromatic N) is 1. The second kappa shape index (κ2) is 6.01. The largest absolute Gasteiger partial charge is 0.349 e. The van der Waals surface area contributed by atoms with Crippen molar-refractivity contribution in [2.75, 3.05) is 0 Å². The Morgan fingerprint density at radius 2 is 2.40 bits per heavy atom. The monoisotopic (exact) mass is 140 g/mol. The SMILES string of the molecule is CCC=O.Cc1cnc[nH]1. The summed E-state index contributed by atoms with van der Waals surface area (Å²) in [6, 6.07) is 0. The number of hydrogen-bond acceptors (Lipinski definition) is 2. The lowest BCUT2D eigenvalue weighted by atomic mass is 10.6. The first kappa shape index (κ1) is 8.88. The molecule has 3 nitrogen and oxygen atoms in total. The molecule has 1 aromatic rings. The average Bonchev–Trinajstić information content (AvgIpc) is 2.40. The third-order valence-electron chi connectivity index (χ3n) is 0.802. The van der Waals surface area contributed by atoms with Gasteiger partial charge in [-0.2, -0.15) is 0 Å². The molecule has 0 aliphatic carbocycles. The maximum atomic E-state index is 9.17. The maximum absolute atomic E-state index is 9.17. The minimum absolute atomic E-state index is 0.639. The van der Waals surface area contributed by atoms with E-state index < -0.39 is 0 Å². The quantitative estimate of drug-likeness (QED) is 0.598. The molecule has 1 heterocycles. The van der Waals surface area contributed by atoms with Crippen LogP contribution in [0.3, 0.4) is 0 Å². The van der Waals surface area contributed by atoms with Crippen molar-refractivity contribution in [3.8, 4) is 0 Å². The number of carbonyl (C=O) groups is 1. The van der Waals surface area contributed by atoms with Gasteiger partial charge in [-0.15, -0.1) is 0 Å². The van der Waals surface area contributed by atoms with Crippen LogP contribution in [0, 0.1) is 6.92 Å². The molecule has 10 heavy (non-hydrogen) atoms. The Morgan fingerprint density at radius 1 is 1.80 bits per heavy atom. The molecule has 3 heteroatoms. The first-order valence-electron chi connectivity index (χ1n) is 3.19. The van der Waals surface area contributed by atoms with Crippen molar-refractivity contribution in [3.05, 3.63) is 18.2 Å². The lowest BCUT2D eigenvalue weighted by Gasteiger charge is -1.67. The molecule has 0 aliphatic rings. The number of nitrogens with one attached hydrogen (secondary N) is 1. The Morgan fingerprint density at radius 3 is 2.50 bits per heavy atom. The highest BCUT2D eigenvalue weighted by atomic mass is 16.1. The molecule has 0 spiro atoms. The van der Waals surface area contributed by atoms with Crippen molar-refractivity contribution in [1.29, 1.82) is 0 Å². The number of aldehydes is 1. The number of aromatic nitrogens is 2. The van der Waals surface area contributed by atoms with Crippen LogP contribution in [-0.4, -0.2) is 16.3 Å². The van der Waals surface area contributed by atoms with E-state index in [2.05, 4.69) is 9.97 Å². The van der Waals surface area contributed by atoms with Crippen LogP contribution >= 0.6 is 0 Å². The fourth-order valence-electron chi connectivity index (χ4n) is 0.325. The van der Waals surface area contributed by atoms with E-state index in [1.54, 1.807) is 12.5 Å². The number of H-pyrrole nitrogens is 1. The Bertz CT molecular complexity index is 158. The summed E-state index contributed by atoms with van der Waals surface area (Å²) in [4.78, 5) is 15.8. The fourth-order valence-corrected chi connectivity index (χ4v) is 0.325. The lowest BCUT2D eigenvalue weighted by molar-refractivity contribution is -0.107. The number of rotatable bonds is 1. The number of hydrogen-bond donors (Lipinski definition) is 1. The normalized spacial score (nSPS) is 7.80. The van der Waals surface area contributed by atoms with E-state index in [1.165, 1.54) is 0 Å². The molecule has 0 bridgehead atoms. The van der Waals surface area contributed by atoms with Gasteiger partial charge in [0.2, 0.25) is 0 Å². The molecule has 1 N–H and O–H groups in total. The molecule has 0 unspecified atom stereocenters. The molecule has 1 aromatic heterocycles. The van der Waals surface area contributed by atoms with Crippen LogP contribution in [0.2, 0.25) is 0 Å². The van der Waals surface area contributed by atoms with Gasteiger partial charge in [0.05, 0.1) is 6.33 Å². The highest BCUT2D eigenvalue weighted by Crippen LogP contribution is 1.81. The molecule has 0 fully saturated rings. The molecule has 0 saturated heterocycles. The van der Waals surface area contributed by atoms with Gasteiger partial charge in [0, 0.05) is 18.3 Å². The number of carbonyl (C=O) groups excluding carboxylic acids is 1. The van der Waals surface area contributed by atoms with Crippen molar-refractivity contribution in [2.45, 2.75) is 20.3 Å². The molecule has 56 valence electrons. The number of aromatic amines is 1. The molecule has 0 radical (unpaired) electrons. The molecule has 0 saturated carbocycles. The number of imidazole rings is 1. The van der Waals surface area contributed by atoms with E-state index in [9.17, 15) is 4.79 Å². The zero-order valence-electron chi connectivity index (χ0n) is 6.29. The summed E-state index contributed by atoms with van der Waals surface area (Å²) in [5.41, 5.74) is 1.11. The Hall–Kier alpha value is -1.12. The number of aryl methyl sites for hydroxylation is 1. The van der Waals surface area contributed by atoms with E-state index in [4.69, 9.17) is 0 Å². The van der Waals surface area contributed by atoms with Crippen molar-refractivity contribution in [2.24, 2.45) is 0 Å². The summed E-state index contributed by atoms with van der Waals surface area (Å²) in [5, 5.41) is 0. The Kier molecular flexibility index (Phi) is 5.33. The minimum atomic E-state index is 0.639. The van der Waals surface area contributed by atoms with Gasteiger partial charge in [0.25, 0.3) is 0 Å². The van der Waals surface area contributed by atoms with Gasteiger partial charge in [0.15, 0.2) is 0 Å². The van der Waals surface area contributed by atoms with E-state index in [0.717, 1.165) is 12.0 Å². The smallest absolute Gasteiger partial charge is 0.119 e. The van der Waals surface area contributed by atoms with E-state index in [0.29, 0.717) is 6.42 Å². The molecule has 0 aromatic carbocycles. The Labute approximate surface area is 60.5 Å². The molecule has 1 rings (SSSR count). The van der Waals surface area contributed by atoms with Crippen LogP contribution in [-0.2, 0) is 4.79 Å². The van der Waals surface area contributed by atoms with Gasteiger partial charge in [-0.25, -0.2) is 4.98 Å². The third kappa shape index (κ3) is 5.03. The Balaban J connectivity index is 0.000000180. The van der Waals surface area contributed by atoms with Gasteiger partial charge in [-0.05, 0) is 6.92 Å². The first-order chi connectivity index (χ1) is 4.81. The van der Waals surface area contributed by atoms with Gasteiger partial charge >= 0.3 is 0 Å². The lowest BCUT2D eigenvalue weighted by Crippen LogP contribution is -1.59. The zero-order valence-corrected chi connectivity index (χ0v) is 6.29. The highest BCUT2D eigenvalue weighted by molar-refractivity contribution is 5.48. The second-order valence-electron chi connectivity index (χ2n) is 1.81. The van der Waals surface area contributed by atoms with Crippen molar-refractivity contribution in [3.63, 3.8) is 0 Å². The molecule has 0 amide bonds. The first-order valence-corrected chi connectivity index (χ1v) is 3.19. The summed E-state index contributed by atoms with van der Waals surface area (Å²) in [5.74, 6) is 0. The molecule has 0 aliphatic heterocycles. The van der Waals surface area contributed by atoms with Gasteiger partial charge in [0.1, 0.15) is 6.29 Å². The van der Waals surface area contributed by atoms with E-state index in [-0.39, 0.29) is 0 Å². The highest BCUT2D eigenvalue weighted by Gasteiger charge is 1.73. The molecular weight excluding hydrogens is 128 g/mol. The minimum Gasteiger partial charge on any atom is -0.349 e. The average molecular weight is 140 g/mol. The third-order valence-corrected chi connectivity index (χ3v) is 0.802. The van der Waals surface area contributed by atoms with Gasteiger partial charge in [-0.1, -0.05) is 6.92 Å². The van der Waals surface area contributed by atoms with Crippen LogP contribution in [0.4, 0.5) is 0 Å². The fraction of sp³-hybridized carbons (Fsp3) is 0.429. The standard InChI is InChI=1S/C4H6N2.C3H6O/c1-4-2-5-3-6-4;1-2-3-4/h2-3H,1H3,(H,5,6);3H,2H2,1H3. The topological polar surface area (TPSA) is 45.8 Å². The van der Waals surface area contributed by atoms with E-state index >= 15 is 0 Å². The van der Waals surface area contributed by atoms with Crippen LogP contribution < -0.4 is 0 Å². The van der Waals surface area contributed by atoms with Crippen molar-refractivity contribution < 1.29 is 4.79 Å². The summed E-state index contributed by atoms with van der Waals surface area (Å²) in [6.07, 6.45) is 4.95. The summed E-state index contributed by atoms with van der Waals surface area (Å²) in [6.45, 7) is 3.78. The predicted molar refractivity (Wildman–Crippen MR) is 39.7 cm³/mol. The van der Waals surface area contributed by atoms with Crippen LogP contribution in [0.1, 0.15) is 19.0 Å². The van der Waals surface area contributed by atoms with Crippen LogP contribution in [0.5, 0.6) is 0 Å². The zero-order chi connectivity index (χ0) is 7.82. The molecular formula is C7H12N2O. The van der Waals surface area contributed by atoms with Crippen molar-refractivity contribution in [1.82, 2.24) is 9.97 Å². The molecule has 0 atom stereocenters. The van der Waals surface area contributed by atoms with E-state index in [1.807, 2.05) is 13.8 Å². The van der Waals surface area contributed by atoms with Gasteiger partial charge in [-0.3, -0.25) is 0 Å². The van der Waals surface area contributed by atoms with Crippen molar-refractivity contribution >= 4 is 6.29 Å². The van der Waals surface area contributed by atoms with Gasteiger partial charge < -0.3 is 9.78 Å².